The Morgan fingerprint density at radius 1 is 1.19 bits per heavy atom. The van der Waals surface area contributed by atoms with E-state index >= 15 is 0 Å². The van der Waals surface area contributed by atoms with Crippen molar-refractivity contribution < 1.29 is 18.3 Å². The maximum absolute atomic E-state index is 14.0. The summed E-state index contributed by atoms with van der Waals surface area (Å²) < 4.78 is 35.1. The zero-order valence-electron chi connectivity index (χ0n) is 16.3. The van der Waals surface area contributed by atoms with Crippen LogP contribution in [0.2, 0.25) is 5.15 Å². The van der Waals surface area contributed by atoms with Crippen molar-refractivity contribution in [3.05, 3.63) is 86.6 Å². The number of ether oxygens (including phenoxy) is 1. The van der Waals surface area contributed by atoms with Crippen molar-refractivity contribution in [1.29, 1.82) is 0 Å². The SMILES string of the molecule is CN(C(=O)c1ccn2c(Cl)ccc2c1)C1COCc2[nH]c(=O)c3cc(F)c(F)cc3c21. The van der Waals surface area contributed by atoms with Crippen LogP contribution < -0.4 is 5.56 Å². The summed E-state index contributed by atoms with van der Waals surface area (Å²) in [6.45, 7) is 0.251. The van der Waals surface area contributed by atoms with Crippen molar-refractivity contribution in [2.24, 2.45) is 0 Å². The molecule has 1 amide bonds. The van der Waals surface area contributed by atoms with Gasteiger partial charge < -0.3 is 19.0 Å². The molecule has 1 unspecified atom stereocenters. The van der Waals surface area contributed by atoms with E-state index in [1.807, 2.05) is 0 Å². The van der Waals surface area contributed by atoms with E-state index in [0.29, 0.717) is 22.0 Å². The van der Waals surface area contributed by atoms with Crippen LogP contribution >= 0.6 is 11.6 Å². The second-order valence-corrected chi connectivity index (χ2v) is 7.86. The van der Waals surface area contributed by atoms with E-state index in [4.69, 9.17) is 16.3 Å². The third kappa shape index (κ3) is 3.10. The van der Waals surface area contributed by atoms with E-state index in [0.717, 1.165) is 17.6 Å². The first-order chi connectivity index (χ1) is 14.8. The van der Waals surface area contributed by atoms with Crippen LogP contribution in [0.4, 0.5) is 8.78 Å². The summed E-state index contributed by atoms with van der Waals surface area (Å²) in [7, 11) is 1.61. The largest absolute Gasteiger partial charge is 0.373 e. The summed E-state index contributed by atoms with van der Waals surface area (Å²) >= 11 is 6.10. The Morgan fingerprint density at radius 3 is 2.71 bits per heavy atom. The first-order valence-electron chi connectivity index (χ1n) is 9.50. The molecule has 1 aromatic carbocycles. The summed E-state index contributed by atoms with van der Waals surface area (Å²) in [4.78, 5) is 29.8. The average Bonchev–Trinajstić information content (AvgIpc) is 3.14. The maximum atomic E-state index is 14.0. The van der Waals surface area contributed by atoms with Gasteiger partial charge in [-0.2, -0.15) is 0 Å². The minimum atomic E-state index is -1.11. The minimum absolute atomic E-state index is 0.0228. The van der Waals surface area contributed by atoms with Gasteiger partial charge in [0.05, 0.1) is 24.6 Å². The molecule has 31 heavy (non-hydrogen) atoms. The molecule has 9 heteroatoms. The van der Waals surface area contributed by atoms with Gasteiger partial charge in [-0.1, -0.05) is 11.6 Å². The molecule has 0 spiro atoms. The predicted octanol–water partition coefficient (Wildman–Crippen LogP) is 4.06. The molecule has 0 saturated carbocycles. The van der Waals surface area contributed by atoms with E-state index in [9.17, 15) is 18.4 Å². The second kappa shape index (κ2) is 7.18. The van der Waals surface area contributed by atoms with Crippen LogP contribution in [0.5, 0.6) is 0 Å². The number of carbonyl (C=O) groups excluding carboxylic acids is 1. The fourth-order valence-electron chi connectivity index (χ4n) is 4.10. The van der Waals surface area contributed by atoms with Crippen LogP contribution in [0, 0.1) is 11.6 Å². The number of amides is 1. The number of halogens is 3. The number of aromatic nitrogens is 2. The molecule has 5 rings (SSSR count). The molecule has 6 nitrogen and oxygen atoms in total. The van der Waals surface area contributed by atoms with Crippen LogP contribution in [0.3, 0.4) is 0 Å². The van der Waals surface area contributed by atoms with Crippen molar-refractivity contribution in [3.63, 3.8) is 0 Å². The number of carbonyl (C=O) groups is 1. The molecule has 4 heterocycles. The summed E-state index contributed by atoms with van der Waals surface area (Å²) in [5.41, 5.74) is 1.64. The molecule has 3 aromatic heterocycles. The lowest BCUT2D eigenvalue weighted by Crippen LogP contribution is -2.37. The number of nitrogens with one attached hydrogen (secondary N) is 1. The fraction of sp³-hybridized carbons (Fsp3) is 0.182. The number of pyridine rings is 2. The molecule has 1 aliphatic heterocycles. The van der Waals surface area contributed by atoms with Crippen LogP contribution in [-0.2, 0) is 11.3 Å². The topological polar surface area (TPSA) is 66.8 Å². The van der Waals surface area contributed by atoms with E-state index in [2.05, 4.69) is 4.98 Å². The number of rotatable bonds is 2. The Hall–Kier alpha value is -3.23. The van der Waals surface area contributed by atoms with E-state index in [1.165, 1.54) is 4.90 Å². The average molecular weight is 444 g/mol. The highest BCUT2D eigenvalue weighted by atomic mass is 35.5. The second-order valence-electron chi connectivity index (χ2n) is 7.47. The summed E-state index contributed by atoms with van der Waals surface area (Å²) in [5.74, 6) is -2.46. The summed E-state index contributed by atoms with van der Waals surface area (Å²) in [6, 6.07) is 8.18. The van der Waals surface area contributed by atoms with Crippen LogP contribution in [0.25, 0.3) is 16.3 Å². The van der Waals surface area contributed by atoms with Crippen molar-refractivity contribution in [3.8, 4) is 0 Å². The quantitative estimate of drug-likeness (QED) is 0.508. The lowest BCUT2D eigenvalue weighted by molar-refractivity contribution is 0.0335. The predicted molar refractivity (Wildman–Crippen MR) is 111 cm³/mol. The number of hydrogen-bond donors (Lipinski definition) is 1. The molecule has 158 valence electrons. The zero-order valence-corrected chi connectivity index (χ0v) is 17.0. The molecule has 1 N–H and O–H groups in total. The number of H-pyrrole nitrogens is 1. The van der Waals surface area contributed by atoms with Crippen molar-refractivity contribution in [2.75, 3.05) is 13.7 Å². The van der Waals surface area contributed by atoms with Crippen LogP contribution in [-0.4, -0.2) is 33.8 Å². The smallest absolute Gasteiger partial charge is 0.256 e. The molecule has 1 atom stereocenters. The highest BCUT2D eigenvalue weighted by Gasteiger charge is 2.31. The van der Waals surface area contributed by atoms with Crippen molar-refractivity contribution in [2.45, 2.75) is 12.6 Å². The first kappa shape index (κ1) is 19.7. The number of likely N-dealkylation sites (N-methyl/N-ethyl adjacent to an activating group) is 1. The third-order valence-electron chi connectivity index (χ3n) is 5.68. The number of nitrogens with zero attached hydrogens (tertiary/aromatic N) is 2. The van der Waals surface area contributed by atoms with Gasteiger partial charge in [-0.25, -0.2) is 8.78 Å². The van der Waals surface area contributed by atoms with Gasteiger partial charge in [-0.05, 0) is 41.8 Å². The number of hydrogen-bond acceptors (Lipinski definition) is 3. The maximum Gasteiger partial charge on any atom is 0.256 e. The lowest BCUT2D eigenvalue weighted by atomic mass is 9.95. The molecule has 0 radical (unpaired) electrons. The number of aromatic amines is 1. The number of fused-ring (bicyclic) bond motifs is 4. The van der Waals surface area contributed by atoms with E-state index in [1.54, 1.807) is 41.9 Å². The van der Waals surface area contributed by atoms with E-state index < -0.39 is 23.2 Å². The molecule has 4 aromatic rings. The Bertz CT molecular complexity index is 1430. The Labute approximate surface area is 179 Å². The van der Waals surface area contributed by atoms with E-state index in [-0.39, 0.29) is 29.9 Å². The van der Waals surface area contributed by atoms with Crippen LogP contribution in [0.15, 0.2) is 47.4 Å². The highest BCUT2D eigenvalue weighted by molar-refractivity contribution is 6.30. The Morgan fingerprint density at radius 2 is 1.94 bits per heavy atom. The van der Waals surface area contributed by atoms with Gasteiger partial charge in [-0.15, -0.1) is 0 Å². The Balaban J connectivity index is 1.61. The fourth-order valence-corrected chi connectivity index (χ4v) is 4.32. The third-order valence-corrected chi connectivity index (χ3v) is 5.99. The Kier molecular flexibility index (Phi) is 4.56. The lowest BCUT2D eigenvalue weighted by Gasteiger charge is -2.34. The summed E-state index contributed by atoms with van der Waals surface area (Å²) in [6.07, 6.45) is 1.70. The molecule has 0 bridgehead atoms. The van der Waals surface area contributed by atoms with Crippen molar-refractivity contribution >= 4 is 33.8 Å². The molecular formula is C22H16ClF2N3O3. The molecule has 0 saturated heterocycles. The highest BCUT2D eigenvalue weighted by Crippen LogP contribution is 2.34. The molecular weight excluding hydrogens is 428 g/mol. The zero-order chi connectivity index (χ0) is 21.9. The normalized spacial score (nSPS) is 15.9. The molecule has 0 aliphatic carbocycles. The van der Waals surface area contributed by atoms with Gasteiger partial charge in [0.1, 0.15) is 5.15 Å². The minimum Gasteiger partial charge on any atom is -0.373 e. The van der Waals surface area contributed by atoms with Gasteiger partial charge >= 0.3 is 0 Å². The van der Waals surface area contributed by atoms with Gasteiger partial charge in [0.25, 0.3) is 11.5 Å². The van der Waals surface area contributed by atoms with Crippen LogP contribution in [0.1, 0.15) is 27.7 Å². The standard InChI is InChI=1S/C22H16ClF2N3O3/c1-27(22(30)11-4-5-28-12(6-11)2-3-19(28)23)18-10-31-9-17-20(18)13-7-15(24)16(25)8-14(13)21(29)26-17/h2-8,18H,9-10H2,1H3,(H,26,29). The molecule has 1 aliphatic rings. The summed E-state index contributed by atoms with van der Waals surface area (Å²) in [5, 5.41) is 0.815. The first-order valence-corrected chi connectivity index (χ1v) is 9.88. The molecule has 0 fully saturated rings. The van der Waals surface area contributed by atoms with Gasteiger partial charge in [0.15, 0.2) is 11.6 Å². The number of benzene rings is 1. The van der Waals surface area contributed by atoms with Gasteiger partial charge in [0.2, 0.25) is 0 Å². The van der Waals surface area contributed by atoms with Gasteiger partial charge in [-0.3, -0.25) is 9.59 Å². The van der Waals surface area contributed by atoms with Gasteiger partial charge in [0, 0.05) is 35.6 Å². The van der Waals surface area contributed by atoms with Crippen molar-refractivity contribution in [1.82, 2.24) is 14.3 Å². The monoisotopic (exact) mass is 443 g/mol.